The predicted molar refractivity (Wildman–Crippen MR) is 47.6 cm³/mol. The van der Waals surface area contributed by atoms with Crippen LogP contribution in [0.4, 0.5) is 0 Å². The lowest BCUT2D eigenvalue weighted by atomic mass is 10.3. The van der Waals surface area contributed by atoms with Crippen molar-refractivity contribution in [1.29, 1.82) is 0 Å². The van der Waals surface area contributed by atoms with Gasteiger partial charge in [0.1, 0.15) is 0 Å². The predicted octanol–water partition coefficient (Wildman–Crippen LogP) is -0.0910. The molecule has 0 spiro atoms. The van der Waals surface area contributed by atoms with Gasteiger partial charge in [-0.3, -0.25) is 4.79 Å². The van der Waals surface area contributed by atoms with Crippen LogP contribution in [0.15, 0.2) is 0 Å². The van der Waals surface area contributed by atoms with Crippen molar-refractivity contribution in [2.24, 2.45) is 5.73 Å². The molecule has 0 radical (unpaired) electrons. The van der Waals surface area contributed by atoms with Gasteiger partial charge in [-0.1, -0.05) is 0 Å². The van der Waals surface area contributed by atoms with Crippen LogP contribution in [0.1, 0.15) is 6.42 Å². The maximum absolute atomic E-state index is 11.2. The Morgan fingerprint density at radius 1 is 1.82 bits per heavy atom. The van der Waals surface area contributed by atoms with Gasteiger partial charge in [0, 0.05) is 19.1 Å². The van der Waals surface area contributed by atoms with Crippen LogP contribution in [-0.2, 0) is 4.79 Å². The molecule has 0 aromatic rings. The maximum atomic E-state index is 11.2. The Hall–Kier alpha value is -0.220. The Labute approximate surface area is 71.3 Å². The van der Waals surface area contributed by atoms with Crippen molar-refractivity contribution in [2.75, 3.05) is 25.1 Å². The van der Waals surface area contributed by atoms with Crippen LogP contribution in [0.25, 0.3) is 0 Å². The van der Waals surface area contributed by atoms with E-state index in [1.165, 1.54) is 0 Å². The number of nitrogens with two attached hydrogens (primary N) is 1. The molecule has 3 nitrogen and oxygen atoms in total. The number of amides is 1. The highest BCUT2D eigenvalue weighted by molar-refractivity contribution is 7.99. The average molecular weight is 174 g/mol. The number of thioether (sulfide) groups is 1. The minimum absolute atomic E-state index is 0.209. The first kappa shape index (κ1) is 8.87. The van der Waals surface area contributed by atoms with Gasteiger partial charge in [0.15, 0.2) is 0 Å². The van der Waals surface area contributed by atoms with Crippen LogP contribution >= 0.6 is 11.8 Å². The summed E-state index contributed by atoms with van der Waals surface area (Å²) in [6, 6.07) is 0.209. The third-order valence-corrected chi connectivity index (χ3v) is 2.38. The zero-order valence-corrected chi connectivity index (χ0v) is 7.56. The summed E-state index contributed by atoms with van der Waals surface area (Å²) >= 11 is 1.57. The van der Waals surface area contributed by atoms with Crippen LogP contribution in [0.3, 0.4) is 0 Å². The normalized spacial score (nSPS) is 24.2. The summed E-state index contributed by atoms with van der Waals surface area (Å²) in [7, 11) is 0. The van der Waals surface area contributed by atoms with Crippen LogP contribution in [-0.4, -0.2) is 41.9 Å². The lowest BCUT2D eigenvalue weighted by molar-refractivity contribution is -0.127. The second-order valence-electron chi connectivity index (χ2n) is 2.82. The molecule has 11 heavy (non-hydrogen) atoms. The number of rotatable bonds is 2. The lowest BCUT2D eigenvalue weighted by Crippen LogP contribution is -2.32. The quantitative estimate of drug-likeness (QED) is 0.636. The number of nitrogens with zero attached hydrogens (tertiary/aromatic N) is 1. The van der Waals surface area contributed by atoms with Gasteiger partial charge in [0.2, 0.25) is 5.91 Å². The average Bonchev–Trinajstić information content (AvgIpc) is 2.36. The van der Waals surface area contributed by atoms with Crippen molar-refractivity contribution in [1.82, 2.24) is 4.90 Å². The molecule has 0 bridgehead atoms. The first-order valence-electron chi connectivity index (χ1n) is 3.76. The molecule has 0 aliphatic carbocycles. The molecule has 1 unspecified atom stereocenters. The fraction of sp³-hybridized carbons (Fsp3) is 0.857. The van der Waals surface area contributed by atoms with Crippen LogP contribution < -0.4 is 5.73 Å². The van der Waals surface area contributed by atoms with E-state index in [2.05, 4.69) is 0 Å². The van der Waals surface area contributed by atoms with Gasteiger partial charge in [-0.2, -0.15) is 11.8 Å². The van der Waals surface area contributed by atoms with E-state index in [9.17, 15) is 4.79 Å². The molecular formula is C7H14N2OS. The van der Waals surface area contributed by atoms with Crippen molar-refractivity contribution in [2.45, 2.75) is 12.5 Å². The molecule has 1 atom stereocenters. The van der Waals surface area contributed by atoms with Gasteiger partial charge in [0.05, 0.1) is 5.75 Å². The van der Waals surface area contributed by atoms with Crippen molar-refractivity contribution in [3.05, 3.63) is 0 Å². The maximum Gasteiger partial charge on any atom is 0.232 e. The second-order valence-corrected chi connectivity index (χ2v) is 3.69. The Morgan fingerprint density at radius 3 is 3.00 bits per heavy atom. The number of carbonyl (C=O) groups is 1. The van der Waals surface area contributed by atoms with Crippen molar-refractivity contribution < 1.29 is 4.79 Å². The number of likely N-dealkylation sites (tertiary alicyclic amines) is 1. The summed E-state index contributed by atoms with van der Waals surface area (Å²) in [5.41, 5.74) is 5.66. The molecule has 0 saturated carbocycles. The van der Waals surface area contributed by atoms with Crippen molar-refractivity contribution >= 4 is 17.7 Å². The standard InChI is InChI=1S/C7H14N2OS/c1-11-5-7(10)9-3-2-6(8)4-9/h6H,2-5,8H2,1H3. The fourth-order valence-corrected chi connectivity index (χ4v) is 1.66. The topological polar surface area (TPSA) is 46.3 Å². The van der Waals surface area contributed by atoms with Gasteiger partial charge in [-0.15, -0.1) is 0 Å². The summed E-state index contributed by atoms with van der Waals surface area (Å²) in [5, 5.41) is 0. The van der Waals surface area contributed by atoms with Gasteiger partial charge >= 0.3 is 0 Å². The summed E-state index contributed by atoms with van der Waals surface area (Å²) in [4.78, 5) is 13.1. The van der Waals surface area contributed by atoms with Crippen molar-refractivity contribution in [3.8, 4) is 0 Å². The Balaban J connectivity index is 2.31. The summed E-state index contributed by atoms with van der Waals surface area (Å²) < 4.78 is 0. The third kappa shape index (κ3) is 2.38. The Kier molecular flexibility index (Phi) is 3.20. The summed E-state index contributed by atoms with van der Waals surface area (Å²) in [6.45, 7) is 1.60. The SMILES string of the molecule is CSCC(=O)N1CCC(N)C1. The molecule has 1 fully saturated rings. The number of hydrogen-bond donors (Lipinski definition) is 1. The van der Waals surface area contributed by atoms with E-state index in [-0.39, 0.29) is 11.9 Å². The van der Waals surface area contributed by atoms with Gasteiger partial charge in [-0.05, 0) is 12.7 Å². The smallest absolute Gasteiger partial charge is 0.232 e. The first-order valence-corrected chi connectivity index (χ1v) is 5.15. The summed E-state index contributed by atoms with van der Waals surface area (Å²) in [6.07, 6.45) is 2.90. The van der Waals surface area contributed by atoms with Gasteiger partial charge in [-0.25, -0.2) is 0 Å². The van der Waals surface area contributed by atoms with E-state index >= 15 is 0 Å². The van der Waals surface area contributed by atoms with Crippen LogP contribution in [0.5, 0.6) is 0 Å². The zero-order valence-electron chi connectivity index (χ0n) is 6.75. The second kappa shape index (κ2) is 3.97. The molecule has 1 saturated heterocycles. The molecule has 1 rings (SSSR count). The lowest BCUT2D eigenvalue weighted by Gasteiger charge is -2.14. The molecule has 1 heterocycles. The van der Waals surface area contributed by atoms with E-state index in [0.29, 0.717) is 5.75 Å². The van der Waals surface area contributed by atoms with Crippen molar-refractivity contribution in [3.63, 3.8) is 0 Å². The highest BCUT2D eigenvalue weighted by atomic mass is 32.2. The first-order chi connectivity index (χ1) is 5.24. The van der Waals surface area contributed by atoms with Gasteiger partial charge < -0.3 is 10.6 Å². The highest BCUT2D eigenvalue weighted by Gasteiger charge is 2.22. The van der Waals surface area contributed by atoms with Crippen LogP contribution in [0, 0.1) is 0 Å². The largest absolute Gasteiger partial charge is 0.340 e. The minimum Gasteiger partial charge on any atom is -0.340 e. The molecule has 1 aliphatic rings. The minimum atomic E-state index is 0.209. The molecule has 1 aliphatic heterocycles. The van der Waals surface area contributed by atoms with E-state index < -0.39 is 0 Å². The van der Waals surface area contributed by atoms with E-state index in [1.807, 2.05) is 11.2 Å². The molecule has 0 aromatic carbocycles. The fourth-order valence-electron chi connectivity index (χ4n) is 1.23. The summed E-state index contributed by atoms with van der Waals surface area (Å²) in [5.74, 6) is 0.817. The molecule has 0 aromatic heterocycles. The monoisotopic (exact) mass is 174 g/mol. The number of carbonyl (C=O) groups excluding carboxylic acids is 1. The molecule has 4 heteroatoms. The Morgan fingerprint density at radius 2 is 2.55 bits per heavy atom. The molecule has 64 valence electrons. The molecular weight excluding hydrogens is 160 g/mol. The Bertz CT molecular complexity index is 151. The molecule has 1 amide bonds. The zero-order chi connectivity index (χ0) is 8.27. The number of hydrogen-bond acceptors (Lipinski definition) is 3. The van der Waals surface area contributed by atoms with Gasteiger partial charge in [0.25, 0.3) is 0 Å². The molecule has 2 N–H and O–H groups in total. The third-order valence-electron chi connectivity index (χ3n) is 1.85. The highest BCUT2D eigenvalue weighted by Crippen LogP contribution is 2.08. The van der Waals surface area contributed by atoms with E-state index in [0.717, 1.165) is 19.5 Å². The van der Waals surface area contributed by atoms with Crippen LogP contribution in [0.2, 0.25) is 0 Å². The van der Waals surface area contributed by atoms with E-state index in [4.69, 9.17) is 5.73 Å². The van der Waals surface area contributed by atoms with E-state index in [1.54, 1.807) is 11.8 Å².